The molecule has 124 valence electrons. The number of nitrogens with zero attached hydrogens (tertiary/aromatic N) is 3. The van der Waals surface area contributed by atoms with Gasteiger partial charge >= 0.3 is 0 Å². The van der Waals surface area contributed by atoms with Gasteiger partial charge in [0, 0.05) is 24.0 Å². The Morgan fingerprint density at radius 1 is 1.38 bits per heavy atom. The highest BCUT2D eigenvalue weighted by Crippen LogP contribution is 2.31. The zero-order valence-corrected chi connectivity index (χ0v) is 14.0. The van der Waals surface area contributed by atoms with Gasteiger partial charge in [-0.25, -0.2) is 4.98 Å². The Hall–Kier alpha value is -2.28. The monoisotopic (exact) mass is 342 g/mol. The van der Waals surface area contributed by atoms with Crippen molar-refractivity contribution in [3.8, 4) is 0 Å². The van der Waals surface area contributed by atoms with Crippen molar-refractivity contribution >= 4 is 28.3 Å². The van der Waals surface area contributed by atoms with E-state index in [1.165, 1.54) is 4.88 Å². The SMILES string of the molecule is O=C(Nc1nc2c(s1)CCC2)C1CC(=O)N(Cc2ccccn2)C1. The molecular weight excluding hydrogens is 324 g/mol. The summed E-state index contributed by atoms with van der Waals surface area (Å²) >= 11 is 1.56. The number of aryl methyl sites for hydroxylation is 2. The van der Waals surface area contributed by atoms with E-state index < -0.39 is 0 Å². The number of nitrogens with one attached hydrogen (secondary N) is 1. The number of carbonyl (C=O) groups is 2. The first-order valence-electron chi connectivity index (χ1n) is 8.16. The van der Waals surface area contributed by atoms with E-state index >= 15 is 0 Å². The Morgan fingerprint density at radius 3 is 3.08 bits per heavy atom. The van der Waals surface area contributed by atoms with Crippen LogP contribution in [0.2, 0.25) is 0 Å². The number of likely N-dealkylation sites (tertiary alicyclic amines) is 1. The van der Waals surface area contributed by atoms with Crippen LogP contribution < -0.4 is 5.32 Å². The van der Waals surface area contributed by atoms with E-state index in [9.17, 15) is 9.59 Å². The number of hydrogen-bond donors (Lipinski definition) is 1. The molecule has 1 aliphatic heterocycles. The van der Waals surface area contributed by atoms with Gasteiger partial charge in [-0.1, -0.05) is 6.07 Å². The van der Waals surface area contributed by atoms with Gasteiger partial charge in [-0.05, 0) is 31.4 Å². The van der Waals surface area contributed by atoms with E-state index in [4.69, 9.17) is 0 Å². The van der Waals surface area contributed by atoms with Crippen molar-refractivity contribution in [1.29, 1.82) is 0 Å². The summed E-state index contributed by atoms with van der Waals surface area (Å²) in [4.78, 5) is 36.3. The number of aromatic nitrogens is 2. The predicted molar refractivity (Wildman–Crippen MR) is 90.5 cm³/mol. The van der Waals surface area contributed by atoms with Gasteiger partial charge in [0.2, 0.25) is 11.8 Å². The molecule has 0 bridgehead atoms. The second-order valence-corrected chi connectivity index (χ2v) is 7.31. The fourth-order valence-electron chi connectivity index (χ4n) is 3.24. The average molecular weight is 342 g/mol. The number of hydrogen-bond acceptors (Lipinski definition) is 5. The summed E-state index contributed by atoms with van der Waals surface area (Å²) < 4.78 is 0. The first kappa shape index (κ1) is 15.3. The molecule has 0 saturated carbocycles. The minimum absolute atomic E-state index is 0.00226. The third-order valence-electron chi connectivity index (χ3n) is 4.49. The fraction of sp³-hybridized carbons (Fsp3) is 0.412. The summed E-state index contributed by atoms with van der Waals surface area (Å²) in [6, 6.07) is 5.63. The number of pyridine rings is 1. The van der Waals surface area contributed by atoms with Crippen molar-refractivity contribution in [2.45, 2.75) is 32.2 Å². The van der Waals surface area contributed by atoms with Gasteiger partial charge in [-0.3, -0.25) is 14.6 Å². The minimum Gasteiger partial charge on any atom is -0.336 e. The molecule has 1 saturated heterocycles. The Morgan fingerprint density at radius 2 is 2.29 bits per heavy atom. The molecular formula is C17H18N4O2S. The van der Waals surface area contributed by atoms with Gasteiger partial charge in [0.15, 0.2) is 5.13 Å². The second kappa shape index (κ2) is 6.32. The quantitative estimate of drug-likeness (QED) is 0.922. The van der Waals surface area contributed by atoms with E-state index in [1.807, 2.05) is 18.2 Å². The largest absolute Gasteiger partial charge is 0.336 e. The maximum atomic E-state index is 12.4. The van der Waals surface area contributed by atoms with Crippen LogP contribution in [0.5, 0.6) is 0 Å². The highest BCUT2D eigenvalue weighted by molar-refractivity contribution is 7.15. The Kier molecular flexibility index (Phi) is 4.02. The molecule has 6 nitrogen and oxygen atoms in total. The molecule has 2 aromatic heterocycles. The lowest BCUT2D eigenvalue weighted by atomic mass is 10.1. The molecule has 3 heterocycles. The smallest absolute Gasteiger partial charge is 0.231 e. The Balaban J connectivity index is 1.38. The number of rotatable bonds is 4. The predicted octanol–water partition coefficient (Wildman–Crippen LogP) is 2.01. The van der Waals surface area contributed by atoms with E-state index in [1.54, 1.807) is 22.4 Å². The van der Waals surface area contributed by atoms with Crippen molar-refractivity contribution in [2.75, 3.05) is 11.9 Å². The maximum Gasteiger partial charge on any atom is 0.231 e. The standard InChI is InChI=1S/C17H18N4O2S/c22-15-8-11(9-21(15)10-12-4-1-2-7-18-12)16(23)20-17-19-13-5-3-6-14(13)24-17/h1-2,4,7,11H,3,5-6,8-10H2,(H,19,20,23). The molecule has 0 aromatic carbocycles. The van der Waals surface area contributed by atoms with Gasteiger partial charge in [0.1, 0.15) is 0 Å². The lowest BCUT2D eigenvalue weighted by Gasteiger charge is -2.15. The molecule has 1 N–H and O–H groups in total. The summed E-state index contributed by atoms with van der Waals surface area (Å²) in [5.74, 6) is -0.429. The molecule has 0 spiro atoms. The second-order valence-electron chi connectivity index (χ2n) is 6.23. The molecule has 4 rings (SSSR count). The lowest BCUT2D eigenvalue weighted by molar-refractivity contribution is -0.128. The van der Waals surface area contributed by atoms with Gasteiger partial charge in [0.05, 0.1) is 23.9 Å². The van der Waals surface area contributed by atoms with Gasteiger partial charge in [-0.15, -0.1) is 11.3 Å². The highest BCUT2D eigenvalue weighted by Gasteiger charge is 2.35. The molecule has 2 aliphatic rings. The molecule has 1 aliphatic carbocycles. The molecule has 7 heteroatoms. The van der Waals surface area contributed by atoms with E-state index in [0.717, 1.165) is 30.7 Å². The van der Waals surface area contributed by atoms with Gasteiger partial charge < -0.3 is 10.2 Å². The van der Waals surface area contributed by atoms with E-state index in [2.05, 4.69) is 15.3 Å². The number of anilines is 1. The topological polar surface area (TPSA) is 75.2 Å². The summed E-state index contributed by atoms with van der Waals surface area (Å²) in [7, 11) is 0. The number of fused-ring (bicyclic) bond motifs is 1. The number of carbonyl (C=O) groups excluding carboxylic acids is 2. The van der Waals surface area contributed by atoms with Crippen LogP contribution in [0, 0.1) is 5.92 Å². The molecule has 0 radical (unpaired) electrons. The number of amides is 2. The minimum atomic E-state index is -0.319. The van der Waals surface area contributed by atoms with Crippen LogP contribution in [0.4, 0.5) is 5.13 Å². The maximum absolute atomic E-state index is 12.4. The average Bonchev–Trinajstić information content (AvgIpc) is 3.24. The summed E-state index contributed by atoms with van der Waals surface area (Å²) in [5, 5.41) is 3.56. The Bertz CT molecular complexity index is 753. The van der Waals surface area contributed by atoms with Crippen LogP contribution in [0.15, 0.2) is 24.4 Å². The van der Waals surface area contributed by atoms with E-state index in [0.29, 0.717) is 18.2 Å². The summed E-state index contributed by atoms with van der Waals surface area (Å²) in [6.07, 6.45) is 5.18. The third-order valence-corrected chi connectivity index (χ3v) is 5.56. The molecule has 1 fully saturated rings. The molecule has 1 unspecified atom stereocenters. The summed E-state index contributed by atoms with van der Waals surface area (Å²) in [5.41, 5.74) is 1.96. The number of thiazole rings is 1. The molecule has 24 heavy (non-hydrogen) atoms. The zero-order chi connectivity index (χ0) is 16.5. The van der Waals surface area contributed by atoms with Crippen LogP contribution >= 0.6 is 11.3 Å². The van der Waals surface area contributed by atoms with Gasteiger partial charge in [-0.2, -0.15) is 0 Å². The van der Waals surface area contributed by atoms with Crippen LogP contribution in [0.25, 0.3) is 0 Å². The van der Waals surface area contributed by atoms with Crippen LogP contribution in [-0.4, -0.2) is 33.2 Å². The first-order valence-corrected chi connectivity index (χ1v) is 8.98. The van der Waals surface area contributed by atoms with Gasteiger partial charge in [0.25, 0.3) is 0 Å². The molecule has 2 amide bonds. The Labute approximate surface area is 143 Å². The van der Waals surface area contributed by atoms with Crippen LogP contribution in [-0.2, 0) is 29.0 Å². The molecule has 2 aromatic rings. The third kappa shape index (κ3) is 3.03. The van der Waals surface area contributed by atoms with Crippen LogP contribution in [0.1, 0.15) is 29.1 Å². The first-order chi connectivity index (χ1) is 11.7. The summed E-state index contributed by atoms with van der Waals surface area (Å²) in [6.45, 7) is 0.890. The fourth-order valence-corrected chi connectivity index (χ4v) is 4.29. The van der Waals surface area contributed by atoms with Crippen molar-refractivity contribution in [2.24, 2.45) is 5.92 Å². The van der Waals surface area contributed by atoms with Crippen molar-refractivity contribution < 1.29 is 9.59 Å². The highest BCUT2D eigenvalue weighted by atomic mass is 32.1. The van der Waals surface area contributed by atoms with Crippen molar-refractivity contribution in [1.82, 2.24) is 14.9 Å². The normalized spacial score (nSPS) is 19.6. The van der Waals surface area contributed by atoms with Crippen molar-refractivity contribution in [3.63, 3.8) is 0 Å². The molecule has 1 atom stereocenters. The zero-order valence-electron chi connectivity index (χ0n) is 13.2. The van der Waals surface area contributed by atoms with E-state index in [-0.39, 0.29) is 24.2 Å². The lowest BCUT2D eigenvalue weighted by Crippen LogP contribution is -2.28. The van der Waals surface area contributed by atoms with Crippen molar-refractivity contribution in [3.05, 3.63) is 40.7 Å². The van der Waals surface area contributed by atoms with Crippen LogP contribution in [0.3, 0.4) is 0 Å².